The van der Waals surface area contributed by atoms with Gasteiger partial charge in [-0.25, -0.2) is 0 Å². The average Bonchev–Trinajstić information content (AvgIpc) is 2.28. The van der Waals surface area contributed by atoms with Gasteiger partial charge in [0, 0.05) is 4.92 Å². The minimum atomic E-state index is -0.328. The standard InChI is InChI=1S/C12H17NO3/c1-3-12(9-13(14)15)16-10(2)11-7-5-4-6-8-11/h4-8,10,12H,3,9H2,1-2H3. The van der Waals surface area contributed by atoms with Gasteiger partial charge >= 0.3 is 0 Å². The Morgan fingerprint density at radius 1 is 1.38 bits per heavy atom. The van der Waals surface area contributed by atoms with Crippen molar-refractivity contribution in [1.29, 1.82) is 0 Å². The lowest BCUT2D eigenvalue weighted by Gasteiger charge is -2.18. The van der Waals surface area contributed by atoms with E-state index in [9.17, 15) is 10.1 Å². The van der Waals surface area contributed by atoms with Gasteiger partial charge in [0.05, 0.1) is 6.10 Å². The van der Waals surface area contributed by atoms with Crippen molar-refractivity contribution in [3.05, 3.63) is 46.0 Å². The van der Waals surface area contributed by atoms with Crippen LogP contribution in [0.5, 0.6) is 0 Å². The van der Waals surface area contributed by atoms with E-state index < -0.39 is 0 Å². The number of hydrogen-bond donors (Lipinski definition) is 0. The summed E-state index contributed by atoms with van der Waals surface area (Å²) in [5.74, 6) is 0. The van der Waals surface area contributed by atoms with E-state index in [0.717, 1.165) is 5.56 Å². The second-order valence-corrected chi connectivity index (χ2v) is 3.73. The van der Waals surface area contributed by atoms with Crippen LogP contribution < -0.4 is 0 Å². The molecule has 2 atom stereocenters. The van der Waals surface area contributed by atoms with Gasteiger partial charge in [0.25, 0.3) is 0 Å². The molecule has 1 aromatic carbocycles. The number of hydrogen-bond acceptors (Lipinski definition) is 3. The first-order valence-corrected chi connectivity index (χ1v) is 5.45. The van der Waals surface area contributed by atoms with Crippen LogP contribution in [0.15, 0.2) is 30.3 Å². The van der Waals surface area contributed by atoms with Crippen molar-refractivity contribution in [2.45, 2.75) is 32.5 Å². The summed E-state index contributed by atoms with van der Waals surface area (Å²) in [5, 5.41) is 10.4. The number of rotatable bonds is 6. The highest BCUT2D eigenvalue weighted by molar-refractivity contribution is 5.16. The Morgan fingerprint density at radius 3 is 2.50 bits per heavy atom. The summed E-state index contributed by atoms with van der Waals surface area (Å²) in [6, 6.07) is 9.73. The van der Waals surface area contributed by atoms with Gasteiger partial charge in [0.2, 0.25) is 6.54 Å². The molecule has 0 fully saturated rings. The Hall–Kier alpha value is -1.42. The van der Waals surface area contributed by atoms with Gasteiger partial charge < -0.3 is 4.74 Å². The number of nitro groups is 1. The van der Waals surface area contributed by atoms with Crippen LogP contribution in [-0.2, 0) is 4.74 Å². The highest BCUT2D eigenvalue weighted by Gasteiger charge is 2.17. The largest absolute Gasteiger partial charge is 0.364 e. The Bertz CT molecular complexity index is 326. The second-order valence-electron chi connectivity index (χ2n) is 3.73. The van der Waals surface area contributed by atoms with E-state index >= 15 is 0 Å². The van der Waals surface area contributed by atoms with Crippen LogP contribution in [0.3, 0.4) is 0 Å². The summed E-state index contributed by atoms with van der Waals surface area (Å²) in [4.78, 5) is 10.1. The molecule has 0 saturated carbocycles. The Labute approximate surface area is 95.4 Å². The first-order valence-electron chi connectivity index (χ1n) is 5.45. The van der Waals surface area contributed by atoms with Gasteiger partial charge in [0.15, 0.2) is 0 Å². The molecule has 0 aliphatic heterocycles. The molecule has 0 heterocycles. The fraction of sp³-hybridized carbons (Fsp3) is 0.500. The number of benzene rings is 1. The SMILES string of the molecule is CCC(C[N+](=O)[O-])OC(C)c1ccccc1. The molecule has 0 amide bonds. The summed E-state index contributed by atoms with van der Waals surface area (Å²) in [5.41, 5.74) is 1.05. The molecule has 88 valence electrons. The molecule has 0 aliphatic carbocycles. The van der Waals surface area contributed by atoms with Gasteiger partial charge in [-0.2, -0.15) is 0 Å². The lowest BCUT2D eigenvalue weighted by Crippen LogP contribution is -2.23. The van der Waals surface area contributed by atoms with Crippen molar-refractivity contribution in [2.24, 2.45) is 0 Å². The van der Waals surface area contributed by atoms with E-state index in [1.165, 1.54) is 0 Å². The topological polar surface area (TPSA) is 52.4 Å². The Kier molecular flexibility index (Phi) is 4.92. The summed E-state index contributed by atoms with van der Waals surface area (Å²) < 4.78 is 5.65. The van der Waals surface area contributed by atoms with Gasteiger partial charge in [-0.05, 0) is 18.9 Å². The third kappa shape index (κ3) is 3.98. The maximum Gasteiger partial charge on any atom is 0.229 e. The highest BCUT2D eigenvalue weighted by atomic mass is 16.6. The van der Waals surface area contributed by atoms with Gasteiger partial charge in [-0.15, -0.1) is 0 Å². The molecule has 0 aliphatic rings. The summed E-state index contributed by atoms with van der Waals surface area (Å²) in [6.07, 6.45) is 0.231. The molecule has 4 nitrogen and oxygen atoms in total. The van der Waals surface area contributed by atoms with Gasteiger partial charge in [-0.1, -0.05) is 37.3 Å². The molecule has 0 aromatic heterocycles. The smallest absolute Gasteiger partial charge is 0.229 e. The third-order valence-corrected chi connectivity index (χ3v) is 2.47. The predicted molar refractivity (Wildman–Crippen MR) is 61.9 cm³/mol. The lowest BCUT2D eigenvalue weighted by atomic mass is 10.1. The van der Waals surface area contributed by atoms with E-state index in [0.29, 0.717) is 6.42 Å². The number of ether oxygens (including phenoxy) is 1. The van der Waals surface area contributed by atoms with Crippen LogP contribution in [0, 0.1) is 10.1 Å². The zero-order chi connectivity index (χ0) is 12.0. The van der Waals surface area contributed by atoms with Crippen molar-refractivity contribution in [3.63, 3.8) is 0 Å². The third-order valence-electron chi connectivity index (χ3n) is 2.47. The first kappa shape index (κ1) is 12.6. The van der Waals surface area contributed by atoms with Crippen LogP contribution in [0.4, 0.5) is 0 Å². The maximum absolute atomic E-state index is 10.4. The van der Waals surface area contributed by atoms with Crippen LogP contribution in [0.1, 0.15) is 31.9 Å². The zero-order valence-corrected chi connectivity index (χ0v) is 9.63. The van der Waals surface area contributed by atoms with Crippen molar-refractivity contribution in [2.75, 3.05) is 6.54 Å². The predicted octanol–water partition coefficient (Wildman–Crippen LogP) is 2.82. The van der Waals surface area contributed by atoms with E-state index in [2.05, 4.69) is 0 Å². The first-order chi connectivity index (χ1) is 7.63. The summed E-state index contributed by atoms with van der Waals surface area (Å²) in [7, 11) is 0. The van der Waals surface area contributed by atoms with E-state index in [4.69, 9.17) is 4.74 Å². The molecule has 4 heteroatoms. The highest BCUT2D eigenvalue weighted by Crippen LogP contribution is 2.19. The van der Waals surface area contributed by atoms with Crippen molar-refractivity contribution in [3.8, 4) is 0 Å². The quantitative estimate of drug-likeness (QED) is 0.550. The fourth-order valence-electron chi connectivity index (χ4n) is 1.53. The molecule has 0 spiro atoms. The second kappa shape index (κ2) is 6.23. The molecule has 2 unspecified atom stereocenters. The monoisotopic (exact) mass is 223 g/mol. The lowest BCUT2D eigenvalue weighted by molar-refractivity contribution is -0.492. The summed E-state index contributed by atoms with van der Waals surface area (Å²) >= 11 is 0. The minimum absolute atomic E-state index is 0.105. The van der Waals surface area contributed by atoms with Crippen LogP contribution in [0.25, 0.3) is 0 Å². The molecule has 0 radical (unpaired) electrons. The average molecular weight is 223 g/mol. The van der Waals surface area contributed by atoms with Crippen molar-refractivity contribution >= 4 is 0 Å². The van der Waals surface area contributed by atoms with Crippen molar-refractivity contribution in [1.82, 2.24) is 0 Å². The molecule has 1 aromatic rings. The van der Waals surface area contributed by atoms with Gasteiger partial charge in [0.1, 0.15) is 6.10 Å². The van der Waals surface area contributed by atoms with Crippen LogP contribution in [-0.4, -0.2) is 17.6 Å². The molecular formula is C12H17NO3. The molecule has 0 N–H and O–H groups in total. The number of nitrogens with zero attached hydrogens (tertiary/aromatic N) is 1. The van der Waals surface area contributed by atoms with E-state index in [-0.39, 0.29) is 23.7 Å². The zero-order valence-electron chi connectivity index (χ0n) is 9.63. The normalized spacial score (nSPS) is 14.4. The molecule has 0 saturated heterocycles. The van der Waals surface area contributed by atoms with Crippen molar-refractivity contribution < 1.29 is 9.66 Å². The molecule has 1 rings (SSSR count). The fourth-order valence-corrected chi connectivity index (χ4v) is 1.53. The molecule has 16 heavy (non-hydrogen) atoms. The minimum Gasteiger partial charge on any atom is -0.364 e. The molecule has 0 bridgehead atoms. The van der Waals surface area contributed by atoms with E-state index in [1.807, 2.05) is 44.2 Å². The van der Waals surface area contributed by atoms with Crippen LogP contribution >= 0.6 is 0 Å². The van der Waals surface area contributed by atoms with Crippen LogP contribution in [0.2, 0.25) is 0 Å². The maximum atomic E-state index is 10.4. The van der Waals surface area contributed by atoms with Gasteiger partial charge in [-0.3, -0.25) is 10.1 Å². The Morgan fingerprint density at radius 2 is 2.00 bits per heavy atom. The Balaban J connectivity index is 2.55. The summed E-state index contributed by atoms with van der Waals surface area (Å²) in [6.45, 7) is 3.68. The van der Waals surface area contributed by atoms with E-state index in [1.54, 1.807) is 0 Å². The molecular weight excluding hydrogens is 206 g/mol.